The number of carbonyl (C=O) groups excluding carboxylic acids is 2. The number of carbonyl (C=O) groups is 2. The van der Waals surface area contributed by atoms with Crippen molar-refractivity contribution < 1.29 is 19.1 Å². The topological polar surface area (TPSA) is 52.6 Å². The van der Waals surface area contributed by atoms with Crippen molar-refractivity contribution >= 4 is 25.2 Å². The lowest BCUT2D eigenvalue weighted by atomic mass is 10.4. The number of benzene rings is 1. The van der Waals surface area contributed by atoms with Gasteiger partial charge in [0.15, 0.2) is 0 Å². The molecule has 5 heteroatoms. The van der Waals surface area contributed by atoms with Crippen LogP contribution in [0.25, 0.3) is 0 Å². The van der Waals surface area contributed by atoms with E-state index in [1.165, 1.54) is 5.30 Å². The quantitative estimate of drug-likeness (QED) is 0.520. The predicted octanol–water partition coefficient (Wildman–Crippen LogP) is 2.70. The fourth-order valence-corrected chi connectivity index (χ4v) is 4.17. The summed E-state index contributed by atoms with van der Waals surface area (Å²) >= 11 is 0. The second-order valence-electron chi connectivity index (χ2n) is 4.43. The minimum Gasteiger partial charge on any atom is -0.466 e. The Morgan fingerprint density at radius 3 is 1.81 bits per heavy atom. The number of rotatable bonds is 9. The second-order valence-corrected chi connectivity index (χ2v) is 6.92. The molecule has 0 aliphatic rings. The van der Waals surface area contributed by atoms with Crippen LogP contribution in [-0.2, 0) is 19.1 Å². The first kappa shape index (κ1) is 17.6. The maximum atomic E-state index is 11.5. The van der Waals surface area contributed by atoms with Gasteiger partial charge in [-0.05, 0) is 31.5 Å². The summed E-state index contributed by atoms with van der Waals surface area (Å²) in [5.74, 6) is -0.339. The maximum Gasteiger partial charge on any atom is 0.306 e. The van der Waals surface area contributed by atoms with Crippen molar-refractivity contribution in [1.82, 2.24) is 0 Å². The molecule has 0 radical (unpaired) electrons. The summed E-state index contributed by atoms with van der Waals surface area (Å²) in [6.45, 7) is 4.42. The van der Waals surface area contributed by atoms with Gasteiger partial charge in [0, 0.05) is 12.8 Å². The monoisotopic (exact) mass is 310 g/mol. The molecule has 4 nitrogen and oxygen atoms in total. The second kappa shape index (κ2) is 10.3. The first-order valence-corrected chi connectivity index (χ1v) is 8.99. The molecular formula is C16H23O4P. The van der Waals surface area contributed by atoms with Gasteiger partial charge in [0.25, 0.3) is 0 Å². The van der Waals surface area contributed by atoms with Crippen LogP contribution in [0.2, 0.25) is 0 Å². The van der Waals surface area contributed by atoms with Crippen LogP contribution in [0.1, 0.15) is 26.7 Å². The van der Waals surface area contributed by atoms with Crippen LogP contribution in [0.15, 0.2) is 30.3 Å². The molecule has 0 fully saturated rings. The Morgan fingerprint density at radius 1 is 0.905 bits per heavy atom. The molecule has 0 spiro atoms. The smallest absolute Gasteiger partial charge is 0.306 e. The summed E-state index contributed by atoms with van der Waals surface area (Å²) in [6, 6.07) is 10.1. The van der Waals surface area contributed by atoms with Crippen LogP contribution < -0.4 is 5.30 Å². The van der Waals surface area contributed by atoms with Crippen LogP contribution in [0.4, 0.5) is 0 Å². The minimum absolute atomic E-state index is 0.169. The summed E-state index contributed by atoms with van der Waals surface area (Å²) in [6.07, 6.45) is 2.30. The van der Waals surface area contributed by atoms with E-state index in [0.717, 1.165) is 12.3 Å². The van der Waals surface area contributed by atoms with E-state index in [1.54, 1.807) is 13.8 Å². The van der Waals surface area contributed by atoms with E-state index in [0.29, 0.717) is 26.1 Å². The highest BCUT2D eigenvalue weighted by molar-refractivity contribution is 7.65. The Kier molecular flexibility index (Phi) is 8.68. The van der Waals surface area contributed by atoms with Crippen molar-refractivity contribution in [2.75, 3.05) is 25.5 Å². The van der Waals surface area contributed by atoms with Gasteiger partial charge in [0.2, 0.25) is 0 Å². The zero-order valence-corrected chi connectivity index (χ0v) is 13.6. The highest BCUT2D eigenvalue weighted by atomic mass is 31.1. The molecule has 0 aromatic heterocycles. The van der Waals surface area contributed by atoms with E-state index in [-0.39, 0.29) is 11.9 Å². The fraction of sp³-hybridized carbons (Fsp3) is 0.500. The average molecular weight is 310 g/mol. The molecule has 0 N–H and O–H groups in total. The van der Waals surface area contributed by atoms with Gasteiger partial charge in [-0.3, -0.25) is 9.59 Å². The van der Waals surface area contributed by atoms with E-state index in [4.69, 9.17) is 9.47 Å². The Labute approximate surface area is 127 Å². The summed E-state index contributed by atoms with van der Waals surface area (Å²) in [4.78, 5) is 23.0. The molecule has 0 unspecified atom stereocenters. The Hall–Kier alpha value is -1.41. The third-order valence-electron chi connectivity index (χ3n) is 2.90. The van der Waals surface area contributed by atoms with E-state index in [9.17, 15) is 9.59 Å². The molecule has 0 bridgehead atoms. The molecule has 0 aliphatic carbocycles. The van der Waals surface area contributed by atoms with Gasteiger partial charge in [-0.1, -0.05) is 38.3 Å². The van der Waals surface area contributed by atoms with Gasteiger partial charge >= 0.3 is 11.9 Å². The molecule has 0 atom stereocenters. The van der Waals surface area contributed by atoms with Gasteiger partial charge < -0.3 is 9.47 Å². The zero-order valence-electron chi connectivity index (χ0n) is 12.7. The summed E-state index contributed by atoms with van der Waals surface area (Å²) < 4.78 is 9.94. The molecule has 0 aliphatic heterocycles. The first-order valence-electron chi connectivity index (χ1n) is 7.28. The van der Waals surface area contributed by atoms with Crippen LogP contribution >= 0.6 is 7.92 Å². The van der Waals surface area contributed by atoms with Crippen LogP contribution in [0.3, 0.4) is 0 Å². The van der Waals surface area contributed by atoms with Crippen molar-refractivity contribution in [3.8, 4) is 0 Å². The lowest BCUT2D eigenvalue weighted by Gasteiger charge is -2.17. The molecule has 116 valence electrons. The van der Waals surface area contributed by atoms with Crippen LogP contribution in [0, 0.1) is 0 Å². The highest BCUT2D eigenvalue weighted by Gasteiger charge is 2.15. The summed E-state index contributed by atoms with van der Waals surface area (Å²) in [5, 5.41) is 1.21. The van der Waals surface area contributed by atoms with Gasteiger partial charge in [-0.15, -0.1) is 0 Å². The molecule has 1 rings (SSSR count). The SMILES string of the molecule is CCOC(=O)CCP(CCC(=O)OCC)c1ccccc1. The molecule has 0 amide bonds. The van der Waals surface area contributed by atoms with Crippen molar-refractivity contribution in [3.63, 3.8) is 0 Å². The molecular weight excluding hydrogens is 287 g/mol. The van der Waals surface area contributed by atoms with Crippen molar-refractivity contribution in [2.45, 2.75) is 26.7 Å². The number of ether oxygens (including phenoxy) is 2. The zero-order chi connectivity index (χ0) is 15.5. The normalized spacial score (nSPS) is 10.4. The van der Waals surface area contributed by atoms with E-state index in [1.807, 2.05) is 18.2 Å². The van der Waals surface area contributed by atoms with E-state index >= 15 is 0 Å². The summed E-state index contributed by atoms with van der Waals surface area (Å²) in [5.41, 5.74) is 0. The van der Waals surface area contributed by atoms with E-state index < -0.39 is 7.92 Å². The summed E-state index contributed by atoms with van der Waals surface area (Å²) in [7, 11) is -0.544. The van der Waals surface area contributed by atoms with Crippen molar-refractivity contribution in [3.05, 3.63) is 30.3 Å². The largest absolute Gasteiger partial charge is 0.466 e. The molecule has 0 heterocycles. The van der Waals surface area contributed by atoms with Crippen LogP contribution in [-0.4, -0.2) is 37.5 Å². The predicted molar refractivity (Wildman–Crippen MR) is 85.2 cm³/mol. The molecule has 1 aromatic rings. The molecule has 0 saturated heterocycles. The minimum atomic E-state index is -0.544. The van der Waals surface area contributed by atoms with E-state index in [2.05, 4.69) is 12.1 Å². The van der Waals surface area contributed by atoms with Crippen molar-refractivity contribution in [2.24, 2.45) is 0 Å². The maximum absolute atomic E-state index is 11.5. The van der Waals surface area contributed by atoms with Crippen LogP contribution in [0.5, 0.6) is 0 Å². The fourth-order valence-electron chi connectivity index (χ4n) is 1.93. The number of esters is 2. The molecule has 21 heavy (non-hydrogen) atoms. The molecule has 0 saturated carbocycles. The lowest BCUT2D eigenvalue weighted by Crippen LogP contribution is -2.13. The van der Waals surface area contributed by atoms with Gasteiger partial charge in [-0.2, -0.15) is 0 Å². The Balaban J connectivity index is 2.58. The Bertz CT molecular complexity index is 411. The number of hydrogen-bond donors (Lipinski definition) is 0. The third-order valence-corrected chi connectivity index (χ3v) is 5.46. The van der Waals surface area contributed by atoms with Gasteiger partial charge in [-0.25, -0.2) is 0 Å². The Morgan fingerprint density at radius 2 is 1.38 bits per heavy atom. The standard InChI is InChI=1S/C16H23O4P/c1-3-19-15(17)10-12-21(13-11-16(18)20-4-2)14-8-6-5-7-9-14/h5-9H,3-4,10-13H2,1-2H3. The average Bonchev–Trinajstić information content (AvgIpc) is 2.49. The highest BCUT2D eigenvalue weighted by Crippen LogP contribution is 2.36. The first-order chi connectivity index (χ1) is 10.2. The lowest BCUT2D eigenvalue weighted by molar-refractivity contribution is -0.143. The third kappa shape index (κ3) is 7.24. The van der Waals surface area contributed by atoms with Gasteiger partial charge in [0.1, 0.15) is 0 Å². The molecule has 1 aromatic carbocycles. The van der Waals surface area contributed by atoms with Gasteiger partial charge in [0.05, 0.1) is 13.2 Å². The van der Waals surface area contributed by atoms with Crippen molar-refractivity contribution in [1.29, 1.82) is 0 Å². The number of hydrogen-bond acceptors (Lipinski definition) is 4.